The van der Waals surface area contributed by atoms with Crippen LogP contribution in [0.5, 0.6) is 0 Å². The third-order valence-corrected chi connectivity index (χ3v) is 5.35. The second kappa shape index (κ2) is 7.59. The minimum absolute atomic E-state index is 0.0453. The molecule has 0 radical (unpaired) electrons. The molecule has 0 unspecified atom stereocenters. The van der Waals surface area contributed by atoms with Crippen LogP contribution < -0.4 is 9.62 Å². The number of nitrogens with zero attached hydrogens (tertiary/aromatic N) is 1. The molecule has 0 bridgehead atoms. The number of anilines is 1. The first-order valence-corrected chi connectivity index (χ1v) is 10.8. The highest BCUT2D eigenvalue weighted by atomic mass is 32.2. The molecule has 1 amide bonds. The molecule has 1 N–H and O–H groups in total. The van der Waals surface area contributed by atoms with E-state index in [2.05, 4.69) is 26.1 Å². The number of amides is 1. The molecule has 1 aromatic rings. The molecule has 0 heterocycles. The molecular formula is C20H34N2O3S. The Labute approximate surface area is 159 Å². The van der Waals surface area contributed by atoms with Crippen molar-refractivity contribution < 1.29 is 13.2 Å². The number of carbonyl (C=O) groups excluding carboxylic acids is 1. The SMILES string of the molecule is Cc1ccc(C)c(N([C@@H](C)C(=O)NC(C)(C)CC(C)(C)C)S(C)(=O)=O)c1. The van der Waals surface area contributed by atoms with Crippen molar-refractivity contribution in [3.63, 3.8) is 0 Å². The van der Waals surface area contributed by atoms with Crippen molar-refractivity contribution in [2.24, 2.45) is 5.41 Å². The third-order valence-electron chi connectivity index (χ3n) is 4.12. The molecule has 0 aliphatic carbocycles. The lowest BCUT2D eigenvalue weighted by Crippen LogP contribution is -2.54. The number of hydrogen-bond acceptors (Lipinski definition) is 3. The molecule has 0 aliphatic rings. The smallest absolute Gasteiger partial charge is 0.244 e. The summed E-state index contributed by atoms with van der Waals surface area (Å²) in [4.78, 5) is 12.9. The molecule has 0 aliphatic heterocycles. The van der Waals surface area contributed by atoms with Gasteiger partial charge >= 0.3 is 0 Å². The summed E-state index contributed by atoms with van der Waals surface area (Å²) in [5.41, 5.74) is 1.91. The van der Waals surface area contributed by atoms with Crippen LogP contribution in [-0.4, -0.2) is 32.2 Å². The van der Waals surface area contributed by atoms with Crippen LogP contribution >= 0.6 is 0 Å². The van der Waals surface area contributed by atoms with Crippen molar-refractivity contribution in [1.29, 1.82) is 0 Å². The first kappa shape index (κ1) is 22.5. The Morgan fingerprint density at radius 2 is 1.69 bits per heavy atom. The van der Waals surface area contributed by atoms with E-state index in [4.69, 9.17) is 0 Å². The number of carbonyl (C=O) groups is 1. The average Bonchev–Trinajstić information content (AvgIpc) is 2.37. The van der Waals surface area contributed by atoms with Crippen LogP contribution in [-0.2, 0) is 14.8 Å². The summed E-state index contributed by atoms with van der Waals surface area (Å²) in [6, 6.07) is 4.76. The summed E-state index contributed by atoms with van der Waals surface area (Å²) in [5.74, 6) is -0.300. The van der Waals surface area contributed by atoms with Gasteiger partial charge in [0.15, 0.2) is 0 Å². The topological polar surface area (TPSA) is 66.5 Å². The summed E-state index contributed by atoms with van der Waals surface area (Å²) >= 11 is 0. The maximum atomic E-state index is 12.9. The van der Waals surface area contributed by atoms with Crippen LogP contribution in [0.4, 0.5) is 5.69 Å². The Bertz CT molecular complexity index is 762. The summed E-state index contributed by atoms with van der Waals surface area (Å²) < 4.78 is 26.2. The van der Waals surface area contributed by atoms with Crippen molar-refractivity contribution in [1.82, 2.24) is 5.32 Å². The van der Waals surface area contributed by atoms with Gasteiger partial charge in [0, 0.05) is 5.54 Å². The number of aryl methyl sites for hydroxylation is 2. The van der Waals surface area contributed by atoms with Gasteiger partial charge in [-0.2, -0.15) is 0 Å². The molecule has 1 rings (SSSR count). The van der Waals surface area contributed by atoms with Crippen LogP contribution in [0.3, 0.4) is 0 Å². The van der Waals surface area contributed by atoms with Gasteiger partial charge in [-0.25, -0.2) is 8.42 Å². The molecular weight excluding hydrogens is 348 g/mol. The fourth-order valence-corrected chi connectivity index (χ4v) is 4.77. The highest BCUT2D eigenvalue weighted by Gasteiger charge is 2.34. The number of rotatable bonds is 6. The van der Waals surface area contributed by atoms with Gasteiger partial charge < -0.3 is 5.32 Å². The number of nitrogens with one attached hydrogen (secondary N) is 1. The van der Waals surface area contributed by atoms with Crippen molar-refractivity contribution in [2.45, 2.75) is 73.4 Å². The highest BCUT2D eigenvalue weighted by Crippen LogP contribution is 2.29. The van der Waals surface area contributed by atoms with Crippen LogP contribution in [0.1, 0.15) is 59.1 Å². The number of sulfonamides is 1. The van der Waals surface area contributed by atoms with Gasteiger partial charge in [0.1, 0.15) is 6.04 Å². The quantitative estimate of drug-likeness (QED) is 0.814. The monoisotopic (exact) mass is 382 g/mol. The zero-order valence-electron chi connectivity index (χ0n) is 17.6. The maximum Gasteiger partial charge on any atom is 0.244 e. The summed E-state index contributed by atoms with van der Waals surface area (Å²) in [6.07, 6.45) is 1.92. The standard InChI is InChI=1S/C20H34N2O3S/c1-14-10-11-15(2)17(12-14)22(26(9,24)25)16(3)18(23)21-20(7,8)13-19(4,5)6/h10-12,16H,13H2,1-9H3,(H,21,23)/t16-/m0/s1. The largest absolute Gasteiger partial charge is 0.349 e. The van der Waals surface area contributed by atoms with Crippen molar-refractivity contribution in [3.8, 4) is 0 Å². The predicted molar refractivity (Wildman–Crippen MR) is 109 cm³/mol. The first-order chi connectivity index (χ1) is 11.5. The fourth-order valence-electron chi connectivity index (χ4n) is 3.55. The minimum Gasteiger partial charge on any atom is -0.349 e. The molecule has 5 nitrogen and oxygen atoms in total. The van der Waals surface area contributed by atoms with Gasteiger partial charge in [0.25, 0.3) is 0 Å². The fraction of sp³-hybridized carbons (Fsp3) is 0.650. The molecule has 26 heavy (non-hydrogen) atoms. The van der Waals surface area contributed by atoms with E-state index < -0.39 is 21.6 Å². The first-order valence-electron chi connectivity index (χ1n) is 8.92. The molecule has 0 spiro atoms. The van der Waals surface area contributed by atoms with Gasteiger partial charge in [0.2, 0.25) is 15.9 Å². The minimum atomic E-state index is -3.62. The summed E-state index contributed by atoms with van der Waals surface area (Å²) in [5, 5.41) is 3.02. The number of hydrogen-bond donors (Lipinski definition) is 1. The van der Waals surface area contributed by atoms with Crippen molar-refractivity contribution >= 4 is 21.6 Å². The maximum absolute atomic E-state index is 12.9. The van der Waals surface area contributed by atoms with Gasteiger partial charge in [-0.1, -0.05) is 32.9 Å². The Hall–Kier alpha value is -1.56. The van der Waals surface area contributed by atoms with Crippen LogP contribution in [0.15, 0.2) is 18.2 Å². The van der Waals surface area contributed by atoms with E-state index in [0.29, 0.717) is 5.69 Å². The van der Waals surface area contributed by atoms with Gasteiger partial charge in [0.05, 0.1) is 11.9 Å². The highest BCUT2D eigenvalue weighted by molar-refractivity contribution is 7.92. The molecule has 1 aromatic carbocycles. The van der Waals surface area contributed by atoms with E-state index in [1.165, 1.54) is 4.31 Å². The van der Waals surface area contributed by atoms with E-state index >= 15 is 0 Å². The second-order valence-corrected chi connectivity index (χ2v) is 11.0. The average molecular weight is 383 g/mol. The van der Waals surface area contributed by atoms with Gasteiger partial charge in [-0.3, -0.25) is 9.10 Å². The summed E-state index contributed by atoms with van der Waals surface area (Å²) in [6.45, 7) is 15.7. The van der Waals surface area contributed by atoms with Crippen LogP contribution in [0.2, 0.25) is 0 Å². The lowest BCUT2D eigenvalue weighted by molar-refractivity contribution is -0.123. The van der Waals surface area contributed by atoms with E-state index in [9.17, 15) is 13.2 Å². The lowest BCUT2D eigenvalue weighted by atomic mass is 9.81. The molecule has 148 valence electrons. The predicted octanol–water partition coefficient (Wildman–Crippen LogP) is 3.79. The van der Waals surface area contributed by atoms with E-state index in [1.807, 2.05) is 39.8 Å². The van der Waals surface area contributed by atoms with E-state index in [0.717, 1.165) is 23.8 Å². The van der Waals surface area contributed by atoms with E-state index in [1.54, 1.807) is 13.0 Å². The van der Waals surface area contributed by atoms with Crippen LogP contribution in [0.25, 0.3) is 0 Å². The van der Waals surface area contributed by atoms with Gasteiger partial charge in [-0.05, 0) is 63.6 Å². The Balaban J connectivity index is 3.21. The molecule has 6 heteroatoms. The molecule has 0 saturated heterocycles. The molecule has 0 aromatic heterocycles. The van der Waals surface area contributed by atoms with Gasteiger partial charge in [-0.15, -0.1) is 0 Å². The zero-order valence-corrected chi connectivity index (χ0v) is 18.4. The third kappa shape index (κ3) is 6.31. The number of benzene rings is 1. The van der Waals surface area contributed by atoms with Crippen molar-refractivity contribution in [3.05, 3.63) is 29.3 Å². The molecule has 1 atom stereocenters. The van der Waals surface area contributed by atoms with E-state index in [-0.39, 0.29) is 11.3 Å². The van der Waals surface area contributed by atoms with Crippen molar-refractivity contribution in [2.75, 3.05) is 10.6 Å². The Morgan fingerprint density at radius 1 is 1.15 bits per heavy atom. The van der Waals surface area contributed by atoms with Crippen LogP contribution in [0, 0.1) is 19.3 Å². The Morgan fingerprint density at radius 3 is 2.15 bits per heavy atom. The lowest BCUT2D eigenvalue weighted by Gasteiger charge is -2.36. The second-order valence-electron chi connectivity index (χ2n) is 9.14. The molecule has 0 fully saturated rings. The summed E-state index contributed by atoms with van der Waals surface area (Å²) in [7, 11) is -3.62. The normalized spacial score (nSPS) is 14.0. The Kier molecular flexibility index (Phi) is 6.56. The molecule has 0 saturated carbocycles. The zero-order chi connectivity index (χ0) is 20.5.